The first-order valence-electron chi connectivity index (χ1n) is 7.77. The first-order chi connectivity index (χ1) is 11.7. The van der Waals surface area contributed by atoms with Gasteiger partial charge in [0.1, 0.15) is 18.1 Å². The van der Waals surface area contributed by atoms with Gasteiger partial charge >= 0.3 is 6.03 Å². The predicted octanol–water partition coefficient (Wildman–Crippen LogP) is 1.31. The van der Waals surface area contributed by atoms with E-state index in [0.717, 1.165) is 12.4 Å². The Balaban J connectivity index is 1.69. The number of pyridine rings is 1. The van der Waals surface area contributed by atoms with Gasteiger partial charge in [0.2, 0.25) is 5.88 Å². The van der Waals surface area contributed by atoms with E-state index in [1.165, 1.54) is 7.11 Å². The highest BCUT2D eigenvalue weighted by Gasteiger charge is 2.29. The van der Waals surface area contributed by atoms with Gasteiger partial charge in [0, 0.05) is 19.3 Å². The highest BCUT2D eigenvalue weighted by molar-refractivity contribution is 5.90. The standard InChI is InChI=1S/C15H20N6O3/c1-3-20-10-17-19-13(20)12-9-21(7-8-24-12)15(22)18-11-5-4-6-16-14(11)23-2/h4-6,10,12H,3,7-9H2,1-2H3,(H,18,22)/t12-/m1/s1. The SMILES string of the molecule is CCn1cnnc1[C@H]1CN(C(=O)Nc2cccnc2OC)CCO1. The van der Waals surface area contributed by atoms with E-state index < -0.39 is 0 Å². The summed E-state index contributed by atoms with van der Waals surface area (Å²) >= 11 is 0. The van der Waals surface area contributed by atoms with Crippen molar-refractivity contribution in [3.8, 4) is 5.88 Å². The molecule has 0 radical (unpaired) electrons. The van der Waals surface area contributed by atoms with Crippen molar-refractivity contribution >= 4 is 11.7 Å². The molecule has 9 nitrogen and oxygen atoms in total. The molecule has 24 heavy (non-hydrogen) atoms. The lowest BCUT2D eigenvalue weighted by atomic mass is 10.2. The molecular weight excluding hydrogens is 312 g/mol. The molecule has 9 heteroatoms. The van der Waals surface area contributed by atoms with Gasteiger partial charge < -0.3 is 24.3 Å². The van der Waals surface area contributed by atoms with Gasteiger partial charge in [-0.25, -0.2) is 9.78 Å². The summed E-state index contributed by atoms with van der Waals surface area (Å²) in [5, 5.41) is 10.9. The van der Waals surface area contributed by atoms with Crippen molar-refractivity contribution in [2.75, 3.05) is 32.1 Å². The lowest BCUT2D eigenvalue weighted by Gasteiger charge is -2.32. The third-order valence-electron chi connectivity index (χ3n) is 3.83. The Kier molecular flexibility index (Phi) is 4.90. The molecule has 0 unspecified atom stereocenters. The van der Waals surface area contributed by atoms with Gasteiger partial charge in [0.15, 0.2) is 5.82 Å². The van der Waals surface area contributed by atoms with E-state index in [2.05, 4.69) is 20.5 Å². The predicted molar refractivity (Wildman–Crippen MR) is 85.8 cm³/mol. The molecule has 1 fully saturated rings. The maximum atomic E-state index is 12.5. The van der Waals surface area contributed by atoms with Gasteiger partial charge in [-0.2, -0.15) is 0 Å². The van der Waals surface area contributed by atoms with Gasteiger partial charge in [-0.15, -0.1) is 10.2 Å². The monoisotopic (exact) mass is 332 g/mol. The number of carbonyl (C=O) groups is 1. The number of morpholine rings is 1. The van der Waals surface area contributed by atoms with E-state index in [1.807, 2.05) is 11.5 Å². The Bertz CT molecular complexity index is 704. The minimum Gasteiger partial charge on any atom is -0.480 e. The second-order valence-corrected chi connectivity index (χ2v) is 5.27. The Hall–Kier alpha value is -2.68. The topological polar surface area (TPSA) is 94.4 Å². The number of nitrogens with one attached hydrogen (secondary N) is 1. The molecule has 2 aromatic heterocycles. The molecule has 3 heterocycles. The van der Waals surface area contributed by atoms with Gasteiger partial charge in [0.05, 0.1) is 20.3 Å². The maximum Gasteiger partial charge on any atom is 0.322 e. The van der Waals surface area contributed by atoms with Crippen molar-refractivity contribution in [1.82, 2.24) is 24.6 Å². The maximum absolute atomic E-state index is 12.5. The number of amides is 2. The lowest BCUT2D eigenvalue weighted by molar-refractivity contribution is -0.0199. The van der Waals surface area contributed by atoms with E-state index in [1.54, 1.807) is 29.6 Å². The molecule has 0 saturated carbocycles. The molecule has 1 atom stereocenters. The molecule has 1 saturated heterocycles. The van der Waals surface area contributed by atoms with Gasteiger partial charge in [-0.1, -0.05) is 0 Å². The summed E-state index contributed by atoms with van der Waals surface area (Å²) in [4.78, 5) is 18.3. The smallest absolute Gasteiger partial charge is 0.322 e. The summed E-state index contributed by atoms with van der Waals surface area (Å²) < 4.78 is 12.8. The molecule has 2 amide bonds. The number of urea groups is 1. The largest absolute Gasteiger partial charge is 0.480 e. The average Bonchev–Trinajstić information content (AvgIpc) is 3.11. The summed E-state index contributed by atoms with van der Waals surface area (Å²) in [6.45, 7) is 4.12. The molecule has 3 rings (SSSR count). The molecule has 0 spiro atoms. The summed E-state index contributed by atoms with van der Waals surface area (Å²) in [5.74, 6) is 1.11. The van der Waals surface area contributed by atoms with Crippen LogP contribution < -0.4 is 10.1 Å². The summed E-state index contributed by atoms with van der Waals surface area (Å²) in [5.41, 5.74) is 0.532. The van der Waals surface area contributed by atoms with Crippen LogP contribution in [0.3, 0.4) is 0 Å². The molecule has 2 aromatic rings. The summed E-state index contributed by atoms with van der Waals surface area (Å²) in [6, 6.07) is 3.26. The molecule has 0 aromatic carbocycles. The van der Waals surface area contributed by atoms with Gasteiger partial charge in [-0.05, 0) is 19.1 Å². The highest BCUT2D eigenvalue weighted by atomic mass is 16.5. The zero-order valence-corrected chi connectivity index (χ0v) is 13.7. The van der Waals surface area contributed by atoms with E-state index in [0.29, 0.717) is 31.3 Å². The number of anilines is 1. The van der Waals surface area contributed by atoms with E-state index in [4.69, 9.17) is 9.47 Å². The van der Waals surface area contributed by atoms with Crippen LogP contribution in [-0.4, -0.2) is 57.5 Å². The van der Waals surface area contributed by atoms with Gasteiger partial charge in [0.25, 0.3) is 0 Å². The van der Waals surface area contributed by atoms with Crippen LogP contribution in [0.2, 0.25) is 0 Å². The minimum absolute atomic E-state index is 0.225. The van der Waals surface area contributed by atoms with Crippen molar-refractivity contribution in [3.63, 3.8) is 0 Å². The van der Waals surface area contributed by atoms with Crippen molar-refractivity contribution < 1.29 is 14.3 Å². The summed E-state index contributed by atoms with van der Waals surface area (Å²) in [6.07, 6.45) is 2.98. The fourth-order valence-corrected chi connectivity index (χ4v) is 2.59. The number of hydrogen-bond acceptors (Lipinski definition) is 6. The fourth-order valence-electron chi connectivity index (χ4n) is 2.59. The molecular formula is C15H20N6O3. The Labute approximate surface area is 139 Å². The van der Waals surface area contributed by atoms with Crippen molar-refractivity contribution in [2.24, 2.45) is 0 Å². The number of methoxy groups -OCH3 is 1. The molecule has 0 aliphatic carbocycles. The molecule has 1 aliphatic rings. The van der Waals surface area contributed by atoms with Crippen molar-refractivity contribution in [2.45, 2.75) is 19.6 Å². The zero-order valence-electron chi connectivity index (χ0n) is 13.7. The van der Waals surface area contributed by atoms with Crippen molar-refractivity contribution in [1.29, 1.82) is 0 Å². The third kappa shape index (κ3) is 3.30. The van der Waals surface area contributed by atoms with Crippen molar-refractivity contribution in [3.05, 3.63) is 30.5 Å². The highest BCUT2D eigenvalue weighted by Crippen LogP contribution is 2.23. The average molecular weight is 332 g/mol. The van der Waals surface area contributed by atoms with Crippen LogP contribution in [0.5, 0.6) is 5.88 Å². The van der Waals surface area contributed by atoms with Crippen LogP contribution in [0, 0.1) is 0 Å². The Morgan fingerprint density at radius 1 is 1.54 bits per heavy atom. The number of nitrogens with zero attached hydrogens (tertiary/aromatic N) is 5. The van der Waals surface area contributed by atoms with Crippen LogP contribution >= 0.6 is 0 Å². The lowest BCUT2D eigenvalue weighted by Crippen LogP contribution is -2.45. The number of carbonyl (C=O) groups excluding carboxylic acids is 1. The van der Waals surface area contributed by atoms with Crippen LogP contribution in [0.4, 0.5) is 10.5 Å². The second kappa shape index (κ2) is 7.26. The van der Waals surface area contributed by atoms with E-state index in [9.17, 15) is 4.79 Å². The molecule has 128 valence electrons. The summed E-state index contributed by atoms with van der Waals surface area (Å²) in [7, 11) is 1.51. The minimum atomic E-state index is -0.289. The number of aryl methyl sites for hydroxylation is 1. The van der Waals surface area contributed by atoms with Gasteiger partial charge in [-0.3, -0.25) is 0 Å². The Morgan fingerprint density at radius 2 is 2.42 bits per heavy atom. The molecule has 0 bridgehead atoms. The van der Waals surface area contributed by atoms with E-state index in [-0.39, 0.29) is 12.1 Å². The van der Waals surface area contributed by atoms with E-state index >= 15 is 0 Å². The Morgan fingerprint density at radius 3 is 3.21 bits per heavy atom. The second-order valence-electron chi connectivity index (χ2n) is 5.27. The molecule has 1 aliphatic heterocycles. The number of aromatic nitrogens is 4. The van der Waals surface area contributed by atoms with Crippen LogP contribution in [0.1, 0.15) is 18.9 Å². The van der Waals surface area contributed by atoms with Crippen LogP contribution in [0.25, 0.3) is 0 Å². The van der Waals surface area contributed by atoms with Crippen LogP contribution in [-0.2, 0) is 11.3 Å². The first-order valence-corrected chi connectivity index (χ1v) is 7.77. The molecule has 1 N–H and O–H groups in total. The zero-order chi connectivity index (χ0) is 16.9. The quantitative estimate of drug-likeness (QED) is 0.907. The number of hydrogen-bond donors (Lipinski definition) is 1. The fraction of sp³-hybridized carbons (Fsp3) is 0.467. The normalized spacial score (nSPS) is 17.6. The van der Waals surface area contributed by atoms with Crippen LogP contribution in [0.15, 0.2) is 24.7 Å². The first kappa shape index (κ1) is 16.2. The number of rotatable bonds is 4. The third-order valence-corrected chi connectivity index (χ3v) is 3.83. The number of ether oxygens (including phenoxy) is 2.